The molecule has 0 aromatic heterocycles. The lowest BCUT2D eigenvalue weighted by molar-refractivity contribution is 0.0988. The molecule has 0 fully saturated rings. The van der Waals surface area contributed by atoms with Gasteiger partial charge in [0.25, 0.3) is 0 Å². The van der Waals surface area contributed by atoms with Gasteiger partial charge in [-0.25, -0.2) is 0 Å². The number of ketones is 1. The van der Waals surface area contributed by atoms with Gasteiger partial charge in [-0.15, -0.1) is 0 Å². The molecule has 0 bridgehead atoms. The van der Waals surface area contributed by atoms with Gasteiger partial charge in [0.1, 0.15) is 0 Å². The summed E-state index contributed by atoms with van der Waals surface area (Å²) in [5, 5.41) is 2.36. The fourth-order valence-corrected chi connectivity index (χ4v) is 1.89. The lowest BCUT2D eigenvalue weighted by Gasteiger charge is -2.03. The van der Waals surface area contributed by atoms with Crippen LogP contribution >= 0.6 is 0 Å². The monoisotopic (exact) mass is 212 g/mol. The van der Waals surface area contributed by atoms with Crippen LogP contribution in [0.5, 0.6) is 0 Å². The fourth-order valence-electron chi connectivity index (χ4n) is 1.89. The summed E-state index contributed by atoms with van der Waals surface area (Å²) in [4.78, 5) is 11.6. The normalized spacial score (nSPS) is 10.6. The highest BCUT2D eigenvalue weighted by molar-refractivity contribution is 5.99. The molecule has 0 radical (unpaired) electrons. The standard InChI is InChI=1S/C15H16O/c1-3-11-5-6-13-10-14(15(16)4-2)8-7-12(13)9-11/h5-10H,3-4H2,1-2H3. The van der Waals surface area contributed by atoms with Crippen LogP contribution in [0.25, 0.3) is 10.8 Å². The molecule has 0 atom stereocenters. The third-order valence-electron chi connectivity index (χ3n) is 2.96. The zero-order valence-electron chi connectivity index (χ0n) is 9.79. The molecule has 1 nitrogen and oxygen atoms in total. The van der Waals surface area contributed by atoms with Gasteiger partial charge in [-0.05, 0) is 28.8 Å². The Hall–Kier alpha value is -1.63. The summed E-state index contributed by atoms with van der Waals surface area (Å²) in [5.74, 6) is 0.210. The molecule has 2 aromatic carbocycles. The molecule has 0 heterocycles. The van der Waals surface area contributed by atoms with Crippen molar-refractivity contribution in [2.24, 2.45) is 0 Å². The Morgan fingerprint density at radius 2 is 1.69 bits per heavy atom. The van der Waals surface area contributed by atoms with Crippen molar-refractivity contribution >= 4 is 16.6 Å². The maximum absolute atomic E-state index is 11.6. The molecule has 0 aliphatic carbocycles. The van der Waals surface area contributed by atoms with E-state index < -0.39 is 0 Å². The Morgan fingerprint density at radius 3 is 2.38 bits per heavy atom. The molecule has 0 amide bonds. The molecule has 0 unspecified atom stereocenters. The molecule has 2 aromatic rings. The van der Waals surface area contributed by atoms with E-state index in [1.54, 1.807) is 0 Å². The summed E-state index contributed by atoms with van der Waals surface area (Å²) in [6.45, 7) is 4.04. The van der Waals surface area contributed by atoms with Gasteiger partial charge in [-0.2, -0.15) is 0 Å². The predicted octanol–water partition coefficient (Wildman–Crippen LogP) is 3.99. The Kier molecular flexibility index (Phi) is 3.04. The second kappa shape index (κ2) is 4.48. The lowest BCUT2D eigenvalue weighted by atomic mass is 10.0. The van der Waals surface area contributed by atoms with Gasteiger partial charge in [-0.1, -0.05) is 44.2 Å². The van der Waals surface area contributed by atoms with Crippen molar-refractivity contribution < 1.29 is 4.79 Å². The van der Waals surface area contributed by atoms with E-state index in [-0.39, 0.29) is 5.78 Å². The minimum absolute atomic E-state index is 0.210. The number of hydrogen-bond donors (Lipinski definition) is 0. The first-order valence-electron chi connectivity index (χ1n) is 5.80. The number of hydrogen-bond acceptors (Lipinski definition) is 1. The summed E-state index contributed by atoms with van der Waals surface area (Å²) in [6, 6.07) is 12.4. The molecule has 16 heavy (non-hydrogen) atoms. The van der Waals surface area contributed by atoms with Gasteiger partial charge in [0.05, 0.1) is 0 Å². The zero-order valence-corrected chi connectivity index (χ0v) is 9.79. The largest absolute Gasteiger partial charge is 0.294 e. The van der Waals surface area contributed by atoms with Crippen molar-refractivity contribution in [2.75, 3.05) is 0 Å². The van der Waals surface area contributed by atoms with Crippen LogP contribution in [0.2, 0.25) is 0 Å². The van der Waals surface area contributed by atoms with E-state index >= 15 is 0 Å². The smallest absolute Gasteiger partial charge is 0.162 e. The quantitative estimate of drug-likeness (QED) is 0.703. The summed E-state index contributed by atoms with van der Waals surface area (Å²) < 4.78 is 0. The van der Waals surface area contributed by atoms with E-state index in [0.717, 1.165) is 17.4 Å². The van der Waals surface area contributed by atoms with Crippen LogP contribution in [0.3, 0.4) is 0 Å². The summed E-state index contributed by atoms with van der Waals surface area (Å²) in [5.41, 5.74) is 2.15. The highest BCUT2D eigenvalue weighted by Crippen LogP contribution is 2.19. The molecule has 0 saturated carbocycles. The van der Waals surface area contributed by atoms with Crippen molar-refractivity contribution in [2.45, 2.75) is 26.7 Å². The maximum atomic E-state index is 11.6. The maximum Gasteiger partial charge on any atom is 0.162 e. The van der Waals surface area contributed by atoms with E-state index in [1.165, 1.54) is 10.9 Å². The molecule has 0 aliphatic rings. The van der Waals surface area contributed by atoms with E-state index in [9.17, 15) is 4.79 Å². The average molecular weight is 212 g/mol. The molecule has 82 valence electrons. The Morgan fingerprint density at radius 1 is 1.00 bits per heavy atom. The average Bonchev–Trinajstić information content (AvgIpc) is 2.36. The zero-order chi connectivity index (χ0) is 11.5. The van der Waals surface area contributed by atoms with Gasteiger partial charge in [0.2, 0.25) is 0 Å². The second-order valence-electron chi connectivity index (χ2n) is 4.03. The van der Waals surface area contributed by atoms with Crippen LogP contribution in [0.4, 0.5) is 0 Å². The van der Waals surface area contributed by atoms with Gasteiger partial charge in [0, 0.05) is 12.0 Å². The number of benzene rings is 2. The topological polar surface area (TPSA) is 17.1 Å². The molecular formula is C15H16O. The number of carbonyl (C=O) groups excluding carboxylic acids is 1. The van der Waals surface area contributed by atoms with Crippen molar-refractivity contribution in [3.63, 3.8) is 0 Å². The number of fused-ring (bicyclic) bond motifs is 1. The van der Waals surface area contributed by atoms with Crippen LogP contribution in [-0.2, 0) is 6.42 Å². The first kappa shape index (κ1) is 10.9. The molecule has 2 rings (SSSR count). The Bertz CT molecular complexity index is 526. The van der Waals surface area contributed by atoms with E-state index in [4.69, 9.17) is 0 Å². The summed E-state index contributed by atoms with van der Waals surface area (Å²) in [6.07, 6.45) is 1.62. The van der Waals surface area contributed by atoms with Crippen LogP contribution in [0, 0.1) is 0 Å². The summed E-state index contributed by atoms with van der Waals surface area (Å²) >= 11 is 0. The first-order chi connectivity index (χ1) is 7.74. The Balaban J connectivity index is 2.51. The SMILES string of the molecule is CCC(=O)c1ccc2cc(CC)ccc2c1. The van der Waals surface area contributed by atoms with Crippen molar-refractivity contribution in [1.82, 2.24) is 0 Å². The van der Waals surface area contributed by atoms with Gasteiger partial charge >= 0.3 is 0 Å². The van der Waals surface area contributed by atoms with Crippen LogP contribution in [0.15, 0.2) is 36.4 Å². The fraction of sp³-hybridized carbons (Fsp3) is 0.267. The second-order valence-corrected chi connectivity index (χ2v) is 4.03. The lowest BCUT2D eigenvalue weighted by Crippen LogP contribution is -1.95. The van der Waals surface area contributed by atoms with Gasteiger partial charge < -0.3 is 0 Å². The molecule has 0 spiro atoms. The van der Waals surface area contributed by atoms with Crippen molar-refractivity contribution in [3.05, 3.63) is 47.5 Å². The minimum Gasteiger partial charge on any atom is -0.294 e. The first-order valence-corrected chi connectivity index (χ1v) is 5.80. The number of Topliss-reactive ketones (excluding diaryl/α,β-unsaturated/α-hetero) is 1. The van der Waals surface area contributed by atoms with Gasteiger partial charge in [-0.3, -0.25) is 4.79 Å². The Labute approximate surface area is 96.1 Å². The minimum atomic E-state index is 0.210. The number of rotatable bonds is 3. The molecule has 0 N–H and O–H groups in total. The van der Waals surface area contributed by atoms with E-state index in [1.807, 2.05) is 25.1 Å². The molecular weight excluding hydrogens is 196 g/mol. The van der Waals surface area contributed by atoms with Crippen molar-refractivity contribution in [3.8, 4) is 0 Å². The molecule has 0 saturated heterocycles. The molecule has 1 heteroatoms. The van der Waals surface area contributed by atoms with Crippen LogP contribution in [0.1, 0.15) is 36.2 Å². The number of carbonyl (C=O) groups is 1. The van der Waals surface area contributed by atoms with Gasteiger partial charge in [0.15, 0.2) is 5.78 Å². The highest BCUT2D eigenvalue weighted by Gasteiger charge is 2.03. The third kappa shape index (κ3) is 1.99. The van der Waals surface area contributed by atoms with Crippen LogP contribution < -0.4 is 0 Å². The summed E-state index contributed by atoms with van der Waals surface area (Å²) in [7, 11) is 0. The predicted molar refractivity (Wildman–Crippen MR) is 67.9 cm³/mol. The van der Waals surface area contributed by atoms with Crippen molar-refractivity contribution in [1.29, 1.82) is 0 Å². The molecule has 0 aliphatic heterocycles. The number of aryl methyl sites for hydroxylation is 1. The third-order valence-corrected chi connectivity index (χ3v) is 2.96. The van der Waals surface area contributed by atoms with E-state index in [2.05, 4.69) is 25.1 Å². The van der Waals surface area contributed by atoms with E-state index in [0.29, 0.717) is 6.42 Å². The highest BCUT2D eigenvalue weighted by atomic mass is 16.1. The van der Waals surface area contributed by atoms with Crippen LogP contribution in [-0.4, -0.2) is 5.78 Å².